The number of nitrogens with zero attached hydrogens (tertiary/aromatic N) is 3. The average Bonchev–Trinajstić information content (AvgIpc) is 3.02. The number of aromatic nitrogens is 4. The predicted octanol–water partition coefficient (Wildman–Crippen LogP) is 2.48. The number of imidazole rings is 1. The quantitative estimate of drug-likeness (QED) is 0.565. The van der Waals surface area contributed by atoms with E-state index < -0.39 is 12.1 Å². The van der Waals surface area contributed by atoms with Gasteiger partial charge in [0.2, 0.25) is 5.95 Å². The first-order chi connectivity index (χ1) is 14.4. The molecule has 3 N–H and O–H groups in total. The summed E-state index contributed by atoms with van der Waals surface area (Å²) in [5.41, 5.74) is 0.434. The minimum atomic E-state index is -4.82. The van der Waals surface area contributed by atoms with Gasteiger partial charge in [-0.3, -0.25) is 4.57 Å². The lowest BCUT2D eigenvalue weighted by molar-refractivity contribution is -0.274. The van der Waals surface area contributed by atoms with Gasteiger partial charge in [0.15, 0.2) is 5.65 Å². The van der Waals surface area contributed by atoms with E-state index in [1.54, 1.807) is 6.07 Å². The van der Waals surface area contributed by atoms with Crippen molar-refractivity contribution in [1.29, 1.82) is 0 Å². The molecule has 1 aliphatic heterocycles. The molecule has 0 unspecified atom stereocenters. The summed E-state index contributed by atoms with van der Waals surface area (Å²) >= 11 is 0. The van der Waals surface area contributed by atoms with Gasteiger partial charge in [-0.15, -0.1) is 13.2 Å². The molecule has 2 aromatic heterocycles. The van der Waals surface area contributed by atoms with Crippen molar-refractivity contribution in [3.8, 4) is 5.75 Å². The molecule has 0 atom stereocenters. The van der Waals surface area contributed by atoms with Gasteiger partial charge in [-0.2, -0.15) is 4.98 Å². The first-order valence-electron chi connectivity index (χ1n) is 9.63. The predicted molar refractivity (Wildman–Crippen MR) is 104 cm³/mol. The van der Waals surface area contributed by atoms with Crippen LogP contribution in [0.3, 0.4) is 0 Å². The topological polar surface area (TPSA) is 96.9 Å². The van der Waals surface area contributed by atoms with Gasteiger partial charge >= 0.3 is 12.1 Å². The molecule has 1 aliphatic rings. The summed E-state index contributed by atoms with van der Waals surface area (Å²) in [4.78, 5) is 23.7. The number of rotatable bonds is 6. The van der Waals surface area contributed by atoms with E-state index in [0.717, 1.165) is 25.9 Å². The third kappa shape index (κ3) is 4.73. The molecule has 0 aliphatic carbocycles. The number of halogens is 3. The van der Waals surface area contributed by atoms with Crippen LogP contribution < -0.4 is 21.1 Å². The highest BCUT2D eigenvalue weighted by Gasteiger charge is 2.32. The van der Waals surface area contributed by atoms with Crippen molar-refractivity contribution in [3.63, 3.8) is 0 Å². The van der Waals surface area contributed by atoms with E-state index in [9.17, 15) is 18.0 Å². The molecule has 30 heavy (non-hydrogen) atoms. The maximum atomic E-state index is 12.7. The SMILES string of the molecule is O=c1[nH]c2cnc(NCC3CCNCC3)nc2n1Cc1ccccc1OC(F)(F)F. The number of H-pyrrole nitrogens is 1. The van der Waals surface area contributed by atoms with E-state index in [-0.39, 0.29) is 17.9 Å². The number of nitrogens with one attached hydrogen (secondary N) is 3. The first kappa shape index (κ1) is 20.2. The Morgan fingerprint density at radius 3 is 2.77 bits per heavy atom. The minimum Gasteiger partial charge on any atom is -0.405 e. The van der Waals surface area contributed by atoms with Crippen molar-refractivity contribution in [1.82, 2.24) is 24.8 Å². The zero-order valence-electron chi connectivity index (χ0n) is 16.0. The number of aromatic amines is 1. The smallest absolute Gasteiger partial charge is 0.405 e. The van der Waals surface area contributed by atoms with E-state index in [2.05, 4.69) is 30.3 Å². The molecule has 1 fully saturated rings. The van der Waals surface area contributed by atoms with Gasteiger partial charge in [0.1, 0.15) is 11.3 Å². The van der Waals surface area contributed by atoms with Gasteiger partial charge in [-0.05, 0) is 37.9 Å². The number of alkyl halides is 3. The third-order valence-corrected chi connectivity index (χ3v) is 5.05. The lowest BCUT2D eigenvalue weighted by atomic mass is 9.98. The molecular weight excluding hydrogens is 401 g/mol. The van der Waals surface area contributed by atoms with Crippen LogP contribution in [0.25, 0.3) is 11.2 Å². The first-order valence-corrected chi connectivity index (χ1v) is 9.63. The van der Waals surface area contributed by atoms with Crippen LogP contribution in [0, 0.1) is 5.92 Å². The normalized spacial score (nSPS) is 15.4. The fourth-order valence-electron chi connectivity index (χ4n) is 3.53. The second-order valence-electron chi connectivity index (χ2n) is 7.18. The van der Waals surface area contributed by atoms with Crippen molar-refractivity contribution in [2.45, 2.75) is 25.7 Å². The van der Waals surface area contributed by atoms with Gasteiger partial charge in [0.25, 0.3) is 0 Å². The maximum absolute atomic E-state index is 12.7. The molecule has 11 heteroatoms. The Kier molecular flexibility index (Phi) is 5.62. The fraction of sp³-hybridized carbons (Fsp3) is 0.421. The summed E-state index contributed by atoms with van der Waals surface area (Å²) in [7, 11) is 0. The number of fused-ring (bicyclic) bond motifs is 1. The zero-order valence-corrected chi connectivity index (χ0v) is 16.0. The number of hydrogen-bond donors (Lipinski definition) is 3. The number of ether oxygens (including phenoxy) is 1. The molecule has 0 saturated carbocycles. The van der Waals surface area contributed by atoms with Crippen molar-refractivity contribution in [2.75, 3.05) is 25.0 Å². The summed E-state index contributed by atoms with van der Waals surface area (Å²) in [5, 5.41) is 6.50. The highest BCUT2D eigenvalue weighted by Crippen LogP contribution is 2.27. The molecule has 0 spiro atoms. The summed E-state index contributed by atoms with van der Waals surface area (Å²) in [6.45, 7) is 2.53. The van der Waals surface area contributed by atoms with E-state index in [0.29, 0.717) is 29.6 Å². The van der Waals surface area contributed by atoms with Gasteiger partial charge in [-0.1, -0.05) is 18.2 Å². The van der Waals surface area contributed by atoms with Crippen LogP contribution in [0.5, 0.6) is 5.75 Å². The highest BCUT2D eigenvalue weighted by molar-refractivity contribution is 5.71. The molecular formula is C19H21F3N6O2. The van der Waals surface area contributed by atoms with Gasteiger partial charge < -0.3 is 20.4 Å². The van der Waals surface area contributed by atoms with E-state index in [1.165, 1.54) is 29.0 Å². The second kappa shape index (κ2) is 8.34. The molecule has 8 nitrogen and oxygen atoms in total. The van der Waals surface area contributed by atoms with Gasteiger partial charge in [-0.25, -0.2) is 9.78 Å². The molecule has 160 valence electrons. The van der Waals surface area contributed by atoms with Crippen LogP contribution >= 0.6 is 0 Å². The number of piperidine rings is 1. The Bertz CT molecular complexity index is 1070. The number of anilines is 1. The third-order valence-electron chi connectivity index (χ3n) is 5.05. The largest absolute Gasteiger partial charge is 0.573 e. The lowest BCUT2D eigenvalue weighted by Crippen LogP contribution is -2.31. The Labute approximate surface area is 169 Å². The fourth-order valence-corrected chi connectivity index (χ4v) is 3.53. The van der Waals surface area contributed by atoms with Crippen LogP contribution in [0.4, 0.5) is 19.1 Å². The van der Waals surface area contributed by atoms with E-state index in [4.69, 9.17) is 0 Å². The summed E-state index contributed by atoms with van der Waals surface area (Å²) in [5.74, 6) is 0.517. The molecule has 4 rings (SSSR count). The van der Waals surface area contributed by atoms with Crippen molar-refractivity contribution in [3.05, 3.63) is 46.5 Å². The summed E-state index contributed by atoms with van der Waals surface area (Å²) < 4.78 is 43.4. The average molecular weight is 422 g/mol. The summed E-state index contributed by atoms with van der Waals surface area (Å²) in [6.07, 6.45) is -1.22. The van der Waals surface area contributed by atoms with E-state index in [1.807, 2.05) is 0 Å². The molecule has 1 saturated heterocycles. The molecule has 1 aromatic carbocycles. The van der Waals surface area contributed by atoms with Gasteiger partial charge in [0.05, 0.1) is 12.7 Å². The van der Waals surface area contributed by atoms with Crippen LogP contribution in [0.2, 0.25) is 0 Å². The van der Waals surface area contributed by atoms with Crippen molar-refractivity contribution in [2.24, 2.45) is 5.92 Å². The van der Waals surface area contributed by atoms with Crippen molar-refractivity contribution >= 4 is 17.1 Å². The number of hydrogen-bond acceptors (Lipinski definition) is 6. The van der Waals surface area contributed by atoms with Crippen LogP contribution in [-0.4, -0.2) is 45.5 Å². The summed E-state index contributed by atoms with van der Waals surface area (Å²) in [6, 6.07) is 5.71. The molecule has 0 bridgehead atoms. The molecule has 0 amide bonds. The number of para-hydroxylation sites is 1. The molecule has 3 heterocycles. The van der Waals surface area contributed by atoms with Gasteiger partial charge in [0, 0.05) is 12.1 Å². The van der Waals surface area contributed by atoms with Crippen LogP contribution in [0.1, 0.15) is 18.4 Å². The zero-order chi connectivity index (χ0) is 21.1. The Morgan fingerprint density at radius 2 is 2.00 bits per heavy atom. The second-order valence-corrected chi connectivity index (χ2v) is 7.18. The van der Waals surface area contributed by atoms with Crippen molar-refractivity contribution < 1.29 is 17.9 Å². The maximum Gasteiger partial charge on any atom is 0.573 e. The Hall–Kier alpha value is -3.08. The Balaban J connectivity index is 1.58. The Morgan fingerprint density at radius 1 is 1.23 bits per heavy atom. The van der Waals surface area contributed by atoms with E-state index >= 15 is 0 Å². The minimum absolute atomic E-state index is 0.129. The van der Waals surface area contributed by atoms with Crippen LogP contribution in [0.15, 0.2) is 35.3 Å². The standard InChI is InChI=1S/C19H21F3N6O2/c20-19(21,22)30-15-4-2-1-3-13(15)11-28-16-14(26-18(28)29)10-25-17(27-16)24-9-12-5-7-23-8-6-12/h1-4,10,12,23H,5-9,11H2,(H,26,29)(H,24,25,27). The highest BCUT2D eigenvalue weighted by atomic mass is 19.4. The lowest BCUT2D eigenvalue weighted by Gasteiger charge is -2.22. The molecule has 3 aromatic rings. The molecule has 0 radical (unpaired) electrons. The van der Waals surface area contributed by atoms with Crippen LogP contribution in [-0.2, 0) is 6.54 Å². The monoisotopic (exact) mass is 422 g/mol. The number of benzene rings is 1.